The third-order valence-electron chi connectivity index (χ3n) is 2.85. The van der Waals surface area contributed by atoms with Crippen LogP contribution in [0, 0.1) is 13.8 Å². The molecule has 1 aromatic heterocycles. The first-order valence-electron chi connectivity index (χ1n) is 6.04. The van der Waals surface area contributed by atoms with E-state index >= 15 is 0 Å². The second kappa shape index (κ2) is 6.44. The Hall–Kier alpha value is -0.990. The summed E-state index contributed by atoms with van der Waals surface area (Å²) in [6.45, 7) is 3.80. The highest BCUT2D eigenvalue weighted by Crippen LogP contribution is 2.18. The topological polar surface area (TPSA) is 90.0 Å². The van der Waals surface area contributed by atoms with Gasteiger partial charge in [0.2, 0.25) is 10.0 Å². The SMILES string of the molecule is Cc1nn(C)c(C)c1S(=O)(=O)NCCCCC(N)=S. The average molecular weight is 304 g/mol. The minimum absolute atomic E-state index is 0.268. The Morgan fingerprint density at radius 2 is 2.05 bits per heavy atom. The molecular weight excluding hydrogens is 284 g/mol. The Labute approximate surface area is 119 Å². The lowest BCUT2D eigenvalue weighted by molar-refractivity contribution is 0.576. The molecule has 0 aliphatic carbocycles. The van der Waals surface area contributed by atoms with E-state index in [0.29, 0.717) is 35.8 Å². The van der Waals surface area contributed by atoms with Crippen LogP contribution in [-0.4, -0.2) is 29.7 Å². The summed E-state index contributed by atoms with van der Waals surface area (Å²) in [6, 6.07) is 0. The third kappa shape index (κ3) is 4.26. The average Bonchev–Trinajstić information content (AvgIpc) is 2.52. The Kier molecular flexibility index (Phi) is 5.45. The van der Waals surface area contributed by atoms with Crippen LogP contribution in [0.1, 0.15) is 30.7 Å². The van der Waals surface area contributed by atoms with Gasteiger partial charge in [0.15, 0.2) is 0 Å². The number of hydrogen-bond acceptors (Lipinski definition) is 4. The van der Waals surface area contributed by atoms with E-state index in [1.165, 1.54) is 0 Å². The molecule has 0 amide bonds. The number of rotatable bonds is 7. The van der Waals surface area contributed by atoms with E-state index in [0.717, 1.165) is 6.42 Å². The number of thiocarbonyl (C=S) groups is 1. The van der Waals surface area contributed by atoms with Crippen LogP contribution in [0.3, 0.4) is 0 Å². The smallest absolute Gasteiger partial charge is 0.244 e. The molecule has 0 fully saturated rings. The molecular formula is C11H20N4O2S2. The summed E-state index contributed by atoms with van der Waals surface area (Å²) >= 11 is 4.76. The molecule has 8 heteroatoms. The fourth-order valence-electron chi connectivity index (χ4n) is 1.85. The lowest BCUT2D eigenvalue weighted by Gasteiger charge is -2.07. The van der Waals surface area contributed by atoms with Crippen LogP contribution in [-0.2, 0) is 17.1 Å². The first-order chi connectivity index (χ1) is 8.75. The number of hydrogen-bond donors (Lipinski definition) is 2. The lowest BCUT2D eigenvalue weighted by atomic mass is 10.2. The molecule has 0 atom stereocenters. The van der Waals surface area contributed by atoms with Crippen LogP contribution in [0.2, 0.25) is 0 Å². The summed E-state index contributed by atoms with van der Waals surface area (Å²) in [7, 11) is -1.77. The Morgan fingerprint density at radius 3 is 2.53 bits per heavy atom. The van der Waals surface area contributed by atoms with E-state index in [9.17, 15) is 8.42 Å². The summed E-state index contributed by atoms with van der Waals surface area (Å²) < 4.78 is 28.5. The first kappa shape index (κ1) is 16.1. The van der Waals surface area contributed by atoms with Gasteiger partial charge in [0.05, 0.1) is 16.4 Å². The molecule has 0 unspecified atom stereocenters. The standard InChI is InChI=1S/C11H20N4O2S2/c1-8-11(9(2)15(3)14-8)19(16,17)13-7-5-4-6-10(12)18/h13H,4-7H2,1-3H3,(H2,12,18). The van der Waals surface area contributed by atoms with Crippen LogP contribution in [0.5, 0.6) is 0 Å². The molecule has 0 spiro atoms. The molecule has 0 aromatic carbocycles. The Morgan fingerprint density at radius 1 is 1.42 bits per heavy atom. The van der Waals surface area contributed by atoms with Gasteiger partial charge in [-0.15, -0.1) is 0 Å². The molecule has 0 saturated heterocycles. The van der Waals surface area contributed by atoms with Crippen LogP contribution in [0.25, 0.3) is 0 Å². The zero-order valence-electron chi connectivity index (χ0n) is 11.4. The molecule has 0 aliphatic heterocycles. The number of nitrogens with two attached hydrogens (primary N) is 1. The number of aryl methyl sites for hydroxylation is 2. The van der Waals surface area contributed by atoms with Crippen LogP contribution in [0.4, 0.5) is 0 Å². The molecule has 0 aliphatic rings. The summed E-state index contributed by atoms with van der Waals surface area (Å²) in [5.41, 5.74) is 6.52. The van der Waals surface area contributed by atoms with Gasteiger partial charge in [-0.1, -0.05) is 12.2 Å². The van der Waals surface area contributed by atoms with E-state index < -0.39 is 10.0 Å². The first-order valence-corrected chi connectivity index (χ1v) is 7.93. The van der Waals surface area contributed by atoms with Crippen molar-refractivity contribution in [2.45, 2.75) is 38.0 Å². The third-order valence-corrected chi connectivity index (χ3v) is 4.77. The van der Waals surface area contributed by atoms with Crippen molar-refractivity contribution in [3.8, 4) is 0 Å². The molecule has 1 rings (SSSR count). The van der Waals surface area contributed by atoms with Gasteiger partial charge < -0.3 is 5.73 Å². The van der Waals surface area contributed by atoms with Crippen molar-refractivity contribution < 1.29 is 8.42 Å². The number of sulfonamides is 1. The van der Waals surface area contributed by atoms with Crippen LogP contribution >= 0.6 is 12.2 Å². The highest BCUT2D eigenvalue weighted by Gasteiger charge is 2.22. The second-order valence-electron chi connectivity index (χ2n) is 4.44. The van der Waals surface area contributed by atoms with Crippen molar-refractivity contribution in [2.75, 3.05) is 6.54 Å². The number of nitrogens with zero attached hydrogens (tertiary/aromatic N) is 2. The fourth-order valence-corrected chi connectivity index (χ4v) is 3.50. The van der Waals surface area contributed by atoms with Gasteiger partial charge in [0.1, 0.15) is 4.90 Å². The fraction of sp³-hybridized carbons (Fsp3) is 0.636. The maximum atomic E-state index is 12.2. The van der Waals surface area contributed by atoms with E-state index in [4.69, 9.17) is 18.0 Å². The van der Waals surface area contributed by atoms with Crippen molar-refractivity contribution in [1.29, 1.82) is 0 Å². The van der Waals surface area contributed by atoms with Gasteiger partial charge in [0, 0.05) is 13.6 Å². The summed E-state index contributed by atoms with van der Waals surface area (Å²) in [5.74, 6) is 0. The maximum absolute atomic E-state index is 12.2. The largest absolute Gasteiger partial charge is 0.393 e. The highest BCUT2D eigenvalue weighted by atomic mass is 32.2. The number of nitrogens with one attached hydrogen (secondary N) is 1. The van der Waals surface area contributed by atoms with Gasteiger partial charge in [0.25, 0.3) is 0 Å². The predicted octanol–water partition coefficient (Wildman–Crippen LogP) is 0.772. The van der Waals surface area contributed by atoms with Gasteiger partial charge in [-0.2, -0.15) is 5.10 Å². The summed E-state index contributed by atoms with van der Waals surface area (Å²) in [5, 5.41) is 4.11. The molecule has 0 saturated carbocycles. The van der Waals surface area contributed by atoms with Crippen molar-refractivity contribution in [3.05, 3.63) is 11.4 Å². The minimum atomic E-state index is -3.50. The van der Waals surface area contributed by atoms with Crippen LogP contribution < -0.4 is 10.5 Å². The van der Waals surface area contributed by atoms with Gasteiger partial charge >= 0.3 is 0 Å². The van der Waals surface area contributed by atoms with Gasteiger partial charge in [-0.3, -0.25) is 4.68 Å². The van der Waals surface area contributed by atoms with Gasteiger partial charge in [-0.25, -0.2) is 13.1 Å². The highest BCUT2D eigenvalue weighted by molar-refractivity contribution is 7.89. The number of unbranched alkanes of at least 4 members (excludes halogenated alkanes) is 1. The molecule has 0 bridgehead atoms. The molecule has 0 radical (unpaired) electrons. The quantitative estimate of drug-likeness (QED) is 0.574. The van der Waals surface area contributed by atoms with E-state index in [1.807, 2.05) is 0 Å². The zero-order chi connectivity index (χ0) is 14.6. The van der Waals surface area contributed by atoms with E-state index in [-0.39, 0.29) is 4.90 Å². The predicted molar refractivity (Wildman–Crippen MR) is 78.5 cm³/mol. The second-order valence-corrected chi connectivity index (χ2v) is 6.67. The monoisotopic (exact) mass is 304 g/mol. The zero-order valence-corrected chi connectivity index (χ0v) is 13.1. The molecule has 19 heavy (non-hydrogen) atoms. The molecule has 1 aromatic rings. The van der Waals surface area contributed by atoms with E-state index in [2.05, 4.69) is 9.82 Å². The van der Waals surface area contributed by atoms with Crippen molar-refractivity contribution in [1.82, 2.24) is 14.5 Å². The van der Waals surface area contributed by atoms with Crippen molar-refractivity contribution in [3.63, 3.8) is 0 Å². The molecule has 1 heterocycles. The van der Waals surface area contributed by atoms with Gasteiger partial charge in [-0.05, 0) is 33.1 Å². The summed E-state index contributed by atoms with van der Waals surface area (Å²) in [6.07, 6.45) is 2.12. The molecule has 6 nitrogen and oxygen atoms in total. The van der Waals surface area contributed by atoms with Crippen LogP contribution in [0.15, 0.2) is 4.90 Å². The minimum Gasteiger partial charge on any atom is -0.393 e. The maximum Gasteiger partial charge on any atom is 0.244 e. The lowest BCUT2D eigenvalue weighted by Crippen LogP contribution is -2.26. The normalized spacial score (nSPS) is 11.7. The summed E-state index contributed by atoms with van der Waals surface area (Å²) in [4.78, 5) is 0.728. The van der Waals surface area contributed by atoms with Crippen molar-refractivity contribution in [2.24, 2.45) is 12.8 Å². The molecule has 108 valence electrons. The van der Waals surface area contributed by atoms with Crippen molar-refractivity contribution >= 4 is 27.2 Å². The van der Waals surface area contributed by atoms with E-state index in [1.54, 1.807) is 25.6 Å². The Bertz CT molecular complexity index is 563. The molecule has 3 N–H and O–H groups in total. The number of aromatic nitrogens is 2. The Balaban J connectivity index is 2.64.